The molecule has 4 nitrogen and oxygen atoms in total. The largest absolute Gasteiger partial charge is 0.379 e. The van der Waals surface area contributed by atoms with Gasteiger partial charge in [0.25, 0.3) is 0 Å². The maximum Gasteiger partial charge on any atom is 0.244 e. The molecule has 136 valence electrons. The van der Waals surface area contributed by atoms with Gasteiger partial charge in [0.05, 0.1) is 13.2 Å². The third-order valence-corrected chi connectivity index (χ3v) is 4.54. The molecule has 2 aromatic rings. The van der Waals surface area contributed by atoms with Crippen LogP contribution in [0.15, 0.2) is 60.7 Å². The first kappa shape index (κ1) is 18.4. The van der Waals surface area contributed by atoms with Crippen LogP contribution >= 0.6 is 0 Å². The summed E-state index contributed by atoms with van der Waals surface area (Å²) >= 11 is 0. The van der Waals surface area contributed by atoms with Gasteiger partial charge in [-0.2, -0.15) is 0 Å². The normalized spacial score (nSPS) is 15.7. The second kappa shape index (κ2) is 9.32. The highest BCUT2D eigenvalue weighted by Gasteiger charge is 2.10. The Morgan fingerprint density at radius 1 is 1.08 bits per heavy atom. The van der Waals surface area contributed by atoms with Gasteiger partial charge < -0.3 is 10.1 Å². The fourth-order valence-corrected chi connectivity index (χ4v) is 3.08. The number of carbonyl (C=O) groups is 1. The number of benzene rings is 2. The number of amides is 1. The van der Waals surface area contributed by atoms with Gasteiger partial charge in [-0.1, -0.05) is 54.6 Å². The Morgan fingerprint density at radius 3 is 2.58 bits per heavy atom. The lowest BCUT2D eigenvalue weighted by Crippen LogP contribution is -2.35. The smallest absolute Gasteiger partial charge is 0.244 e. The quantitative estimate of drug-likeness (QED) is 0.813. The van der Waals surface area contributed by atoms with E-state index in [9.17, 15) is 4.79 Å². The van der Waals surface area contributed by atoms with Gasteiger partial charge in [0.1, 0.15) is 0 Å². The molecular formula is C22H26N2O2. The van der Waals surface area contributed by atoms with E-state index in [-0.39, 0.29) is 5.91 Å². The number of hydrogen-bond acceptors (Lipinski definition) is 3. The highest BCUT2D eigenvalue weighted by molar-refractivity contribution is 5.94. The summed E-state index contributed by atoms with van der Waals surface area (Å²) in [5, 5.41) is 2.98. The number of morpholine rings is 1. The summed E-state index contributed by atoms with van der Waals surface area (Å²) in [6.45, 7) is 6.99. The van der Waals surface area contributed by atoms with Crippen molar-refractivity contribution in [3.05, 3.63) is 77.4 Å². The van der Waals surface area contributed by atoms with Gasteiger partial charge in [-0.3, -0.25) is 9.69 Å². The second-order valence-electron chi connectivity index (χ2n) is 6.62. The number of allylic oxidation sites excluding steroid dienone is 1. The molecule has 1 N–H and O–H groups in total. The van der Waals surface area contributed by atoms with Crippen LogP contribution in [0.5, 0.6) is 0 Å². The van der Waals surface area contributed by atoms with E-state index < -0.39 is 0 Å². The van der Waals surface area contributed by atoms with E-state index in [0.29, 0.717) is 6.54 Å². The Balaban J connectivity index is 1.54. The Morgan fingerprint density at radius 2 is 1.81 bits per heavy atom. The average Bonchev–Trinajstić information content (AvgIpc) is 2.68. The van der Waals surface area contributed by atoms with Gasteiger partial charge in [-0.05, 0) is 29.2 Å². The van der Waals surface area contributed by atoms with Crippen molar-refractivity contribution in [1.29, 1.82) is 0 Å². The molecule has 0 spiro atoms. The first-order valence-electron chi connectivity index (χ1n) is 9.10. The maximum atomic E-state index is 12.2. The van der Waals surface area contributed by atoms with Gasteiger partial charge in [0.15, 0.2) is 0 Å². The minimum atomic E-state index is -0.0649. The molecule has 1 heterocycles. The second-order valence-corrected chi connectivity index (χ2v) is 6.62. The first-order valence-corrected chi connectivity index (χ1v) is 9.10. The van der Waals surface area contributed by atoms with Crippen molar-refractivity contribution in [1.82, 2.24) is 10.2 Å². The van der Waals surface area contributed by atoms with Crippen LogP contribution in [-0.4, -0.2) is 37.1 Å². The lowest BCUT2D eigenvalue weighted by Gasteiger charge is -2.26. The van der Waals surface area contributed by atoms with E-state index in [0.717, 1.165) is 49.5 Å². The molecule has 2 aromatic carbocycles. The van der Waals surface area contributed by atoms with Gasteiger partial charge in [0, 0.05) is 32.3 Å². The zero-order valence-corrected chi connectivity index (χ0v) is 15.3. The molecule has 0 saturated carbocycles. The highest BCUT2D eigenvalue weighted by atomic mass is 16.5. The minimum Gasteiger partial charge on any atom is -0.379 e. The summed E-state index contributed by atoms with van der Waals surface area (Å²) in [4.78, 5) is 14.6. The van der Waals surface area contributed by atoms with Crippen molar-refractivity contribution in [2.24, 2.45) is 0 Å². The minimum absolute atomic E-state index is 0.0649. The molecule has 4 heteroatoms. The molecule has 0 aromatic heterocycles. The van der Waals surface area contributed by atoms with Crippen molar-refractivity contribution in [2.45, 2.75) is 20.0 Å². The number of rotatable bonds is 6. The lowest BCUT2D eigenvalue weighted by molar-refractivity contribution is -0.116. The third kappa shape index (κ3) is 5.55. The predicted octanol–water partition coefficient (Wildman–Crippen LogP) is 3.24. The lowest BCUT2D eigenvalue weighted by atomic mass is 10.1. The summed E-state index contributed by atoms with van der Waals surface area (Å²) in [5.74, 6) is -0.0649. The third-order valence-electron chi connectivity index (χ3n) is 4.54. The summed E-state index contributed by atoms with van der Waals surface area (Å²) in [7, 11) is 0. The van der Waals surface area contributed by atoms with Gasteiger partial charge >= 0.3 is 0 Å². The fraction of sp³-hybridized carbons (Fsp3) is 0.318. The Labute approximate surface area is 155 Å². The number of ether oxygens (including phenoxy) is 1. The van der Waals surface area contributed by atoms with Crippen LogP contribution in [0.1, 0.15) is 23.6 Å². The van der Waals surface area contributed by atoms with Crippen molar-refractivity contribution < 1.29 is 9.53 Å². The summed E-state index contributed by atoms with van der Waals surface area (Å²) in [6.07, 6.45) is 1.66. The van der Waals surface area contributed by atoms with E-state index in [1.54, 1.807) is 6.08 Å². The molecule has 1 aliphatic heterocycles. The topological polar surface area (TPSA) is 41.6 Å². The predicted molar refractivity (Wildman–Crippen MR) is 104 cm³/mol. The first-order chi connectivity index (χ1) is 12.7. The fourth-order valence-electron chi connectivity index (χ4n) is 3.08. The molecule has 1 fully saturated rings. The molecule has 0 aliphatic carbocycles. The molecule has 26 heavy (non-hydrogen) atoms. The van der Waals surface area contributed by atoms with Gasteiger partial charge in [0.2, 0.25) is 5.91 Å². The maximum absolute atomic E-state index is 12.2. The summed E-state index contributed by atoms with van der Waals surface area (Å²) in [6, 6.07) is 18.4. The van der Waals surface area contributed by atoms with E-state index in [1.165, 1.54) is 5.56 Å². The van der Waals surface area contributed by atoms with E-state index >= 15 is 0 Å². The molecule has 0 unspecified atom stereocenters. The van der Waals surface area contributed by atoms with Crippen LogP contribution in [0.3, 0.4) is 0 Å². The zero-order valence-electron chi connectivity index (χ0n) is 15.3. The average molecular weight is 350 g/mol. The van der Waals surface area contributed by atoms with E-state index in [2.05, 4.69) is 34.5 Å². The molecule has 0 bridgehead atoms. The highest BCUT2D eigenvalue weighted by Crippen LogP contribution is 2.13. The van der Waals surface area contributed by atoms with Crippen LogP contribution in [0.2, 0.25) is 0 Å². The molecule has 3 rings (SSSR count). The Kier molecular flexibility index (Phi) is 6.58. The number of carbonyl (C=O) groups excluding carboxylic acids is 1. The molecule has 0 atom stereocenters. The summed E-state index contributed by atoms with van der Waals surface area (Å²) < 4.78 is 5.39. The SMILES string of the molecule is C/C(=C\C(=O)NCc1cccc(CN2CCOCC2)c1)c1ccccc1. The number of hydrogen-bond donors (Lipinski definition) is 1. The summed E-state index contributed by atoms with van der Waals surface area (Å²) in [5.41, 5.74) is 4.42. The number of nitrogens with one attached hydrogen (secondary N) is 1. The molecular weight excluding hydrogens is 324 g/mol. The van der Waals surface area contributed by atoms with Crippen molar-refractivity contribution in [2.75, 3.05) is 26.3 Å². The molecule has 1 aliphatic rings. The monoisotopic (exact) mass is 350 g/mol. The van der Waals surface area contributed by atoms with Gasteiger partial charge in [-0.25, -0.2) is 0 Å². The number of nitrogens with zero attached hydrogens (tertiary/aromatic N) is 1. The Hall–Kier alpha value is -2.43. The molecule has 1 amide bonds. The van der Waals surface area contributed by atoms with Crippen LogP contribution < -0.4 is 5.32 Å². The van der Waals surface area contributed by atoms with Gasteiger partial charge in [-0.15, -0.1) is 0 Å². The van der Waals surface area contributed by atoms with Crippen LogP contribution in [-0.2, 0) is 22.6 Å². The van der Waals surface area contributed by atoms with E-state index in [4.69, 9.17) is 4.74 Å². The standard InChI is InChI=1S/C22H26N2O2/c1-18(21-8-3-2-4-9-21)14-22(25)23-16-19-6-5-7-20(15-19)17-24-10-12-26-13-11-24/h2-9,14-15H,10-13,16-17H2,1H3,(H,23,25)/b18-14+. The van der Waals surface area contributed by atoms with Crippen LogP contribution in [0.4, 0.5) is 0 Å². The molecule has 0 radical (unpaired) electrons. The van der Waals surface area contributed by atoms with Crippen LogP contribution in [0, 0.1) is 0 Å². The van der Waals surface area contributed by atoms with Crippen molar-refractivity contribution in [3.8, 4) is 0 Å². The van der Waals surface area contributed by atoms with E-state index in [1.807, 2.05) is 37.3 Å². The van der Waals surface area contributed by atoms with Crippen molar-refractivity contribution in [3.63, 3.8) is 0 Å². The zero-order chi connectivity index (χ0) is 18.2. The van der Waals surface area contributed by atoms with Crippen LogP contribution in [0.25, 0.3) is 5.57 Å². The van der Waals surface area contributed by atoms with Crippen molar-refractivity contribution >= 4 is 11.5 Å². The Bertz CT molecular complexity index is 750. The molecule has 1 saturated heterocycles.